The summed E-state index contributed by atoms with van der Waals surface area (Å²) in [6, 6.07) is 19.0. The standard InChI is InChI=1S/C28H29NO5/c1-4-33-27(31)22-17(3)29-21-16-20(18-12-8-6-9-13-18)24(28(32)34-5-2)26(30)25(21)23(22)19-14-10-7-11-15-19/h6-15,20,23-24,29H,4-5,16H2,1-3H3/t20-,23-,24+/m1/s1. The molecule has 1 aliphatic carbocycles. The van der Waals surface area contributed by atoms with E-state index in [0.717, 1.165) is 16.8 Å². The van der Waals surface area contributed by atoms with E-state index in [1.807, 2.05) is 67.6 Å². The Kier molecular flexibility index (Phi) is 6.96. The Morgan fingerprint density at radius 3 is 2.09 bits per heavy atom. The van der Waals surface area contributed by atoms with Crippen LogP contribution in [0.15, 0.2) is 83.2 Å². The lowest BCUT2D eigenvalue weighted by Gasteiger charge is -2.39. The molecule has 1 heterocycles. The number of esters is 2. The van der Waals surface area contributed by atoms with E-state index in [9.17, 15) is 14.4 Å². The van der Waals surface area contributed by atoms with Gasteiger partial charge in [0, 0.05) is 28.8 Å². The number of allylic oxidation sites excluding steroid dienone is 3. The van der Waals surface area contributed by atoms with Crippen molar-refractivity contribution in [3.63, 3.8) is 0 Å². The van der Waals surface area contributed by atoms with Crippen LogP contribution in [0, 0.1) is 5.92 Å². The number of carbonyl (C=O) groups excluding carboxylic acids is 3. The highest BCUT2D eigenvalue weighted by molar-refractivity contribution is 6.13. The minimum Gasteiger partial charge on any atom is -0.465 e. The molecule has 1 aliphatic heterocycles. The van der Waals surface area contributed by atoms with Gasteiger partial charge in [-0.25, -0.2) is 4.79 Å². The maximum atomic E-state index is 14.1. The Balaban J connectivity index is 1.88. The van der Waals surface area contributed by atoms with Gasteiger partial charge in [0.05, 0.1) is 18.8 Å². The molecule has 4 rings (SSSR count). The van der Waals surface area contributed by atoms with Crippen molar-refractivity contribution >= 4 is 17.7 Å². The maximum Gasteiger partial charge on any atom is 0.336 e. The van der Waals surface area contributed by atoms with Gasteiger partial charge in [-0.3, -0.25) is 9.59 Å². The molecule has 6 nitrogen and oxygen atoms in total. The lowest BCUT2D eigenvalue weighted by Crippen LogP contribution is -2.43. The average molecular weight is 460 g/mol. The Hall–Kier alpha value is -3.67. The lowest BCUT2D eigenvalue weighted by atomic mass is 9.67. The third-order valence-corrected chi connectivity index (χ3v) is 6.42. The zero-order chi connectivity index (χ0) is 24.2. The first-order valence-corrected chi connectivity index (χ1v) is 11.7. The molecule has 0 unspecified atom stereocenters. The molecule has 2 aromatic carbocycles. The summed E-state index contributed by atoms with van der Waals surface area (Å²) in [7, 11) is 0. The van der Waals surface area contributed by atoms with Crippen LogP contribution in [-0.4, -0.2) is 30.9 Å². The van der Waals surface area contributed by atoms with Crippen molar-refractivity contribution in [3.8, 4) is 0 Å². The third kappa shape index (κ3) is 4.28. The molecule has 2 aliphatic rings. The van der Waals surface area contributed by atoms with E-state index in [2.05, 4.69) is 5.32 Å². The second kappa shape index (κ2) is 10.1. The van der Waals surface area contributed by atoms with E-state index in [4.69, 9.17) is 9.47 Å². The van der Waals surface area contributed by atoms with Crippen LogP contribution < -0.4 is 5.32 Å². The number of hydrogen-bond acceptors (Lipinski definition) is 6. The first-order valence-electron chi connectivity index (χ1n) is 11.7. The number of Topliss-reactive ketones (excluding diaryl/α,β-unsaturated/α-hetero) is 1. The molecular weight excluding hydrogens is 430 g/mol. The van der Waals surface area contributed by atoms with Crippen molar-refractivity contribution in [1.82, 2.24) is 5.32 Å². The largest absolute Gasteiger partial charge is 0.465 e. The van der Waals surface area contributed by atoms with E-state index in [1.165, 1.54) is 0 Å². The smallest absolute Gasteiger partial charge is 0.336 e. The van der Waals surface area contributed by atoms with Crippen LogP contribution in [0.2, 0.25) is 0 Å². The molecule has 34 heavy (non-hydrogen) atoms. The van der Waals surface area contributed by atoms with Crippen LogP contribution >= 0.6 is 0 Å². The van der Waals surface area contributed by atoms with Crippen LogP contribution in [0.5, 0.6) is 0 Å². The minimum absolute atomic E-state index is 0.184. The van der Waals surface area contributed by atoms with Gasteiger partial charge in [-0.1, -0.05) is 60.7 Å². The number of ketones is 1. The highest BCUT2D eigenvalue weighted by Gasteiger charge is 2.49. The summed E-state index contributed by atoms with van der Waals surface area (Å²) >= 11 is 0. The second-order valence-corrected chi connectivity index (χ2v) is 8.44. The summed E-state index contributed by atoms with van der Waals surface area (Å²) in [4.78, 5) is 40.2. The van der Waals surface area contributed by atoms with Crippen LogP contribution in [0.1, 0.15) is 50.2 Å². The molecule has 1 N–H and O–H groups in total. The third-order valence-electron chi connectivity index (χ3n) is 6.42. The Labute approximate surface area is 199 Å². The predicted octanol–water partition coefficient (Wildman–Crippen LogP) is 4.40. The van der Waals surface area contributed by atoms with Crippen molar-refractivity contribution in [1.29, 1.82) is 0 Å². The molecule has 0 amide bonds. The number of hydrogen-bond donors (Lipinski definition) is 1. The lowest BCUT2D eigenvalue weighted by molar-refractivity contribution is -0.152. The van der Waals surface area contributed by atoms with Crippen LogP contribution in [0.25, 0.3) is 0 Å². The van der Waals surface area contributed by atoms with E-state index in [1.54, 1.807) is 13.8 Å². The van der Waals surface area contributed by atoms with Gasteiger partial charge in [0.25, 0.3) is 0 Å². The summed E-state index contributed by atoms with van der Waals surface area (Å²) in [5.41, 5.74) is 3.91. The molecule has 0 spiro atoms. The number of rotatable bonds is 6. The SMILES string of the molecule is CCOC(=O)C1=C(C)NC2=C(C(=O)[C@@H](C(=O)OCC)[C@@H](c3ccccc3)C2)[C@@H]1c1ccccc1. The highest BCUT2D eigenvalue weighted by Crippen LogP contribution is 2.48. The molecule has 0 saturated heterocycles. The Bertz CT molecular complexity index is 1150. The molecule has 3 atom stereocenters. The van der Waals surface area contributed by atoms with Crippen molar-refractivity contribution < 1.29 is 23.9 Å². The topological polar surface area (TPSA) is 81.7 Å². The van der Waals surface area contributed by atoms with Crippen molar-refractivity contribution in [2.75, 3.05) is 13.2 Å². The molecule has 0 fully saturated rings. The average Bonchev–Trinajstić information content (AvgIpc) is 2.84. The summed E-state index contributed by atoms with van der Waals surface area (Å²) in [6.07, 6.45) is 0.450. The normalized spacial score (nSPS) is 22.1. The number of benzene rings is 2. The molecule has 0 radical (unpaired) electrons. The number of nitrogens with one attached hydrogen (secondary N) is 1. The number of ether oxygens (including phenoxy) is 2. The predicted molar refractivity (Wildman–Crippen MR) is 128 cm³/mol. The van der Waals surface area contributed by atoms with E-state index in [0.29, 0.717) is 23.3 Å². The van der Waals surface area contributed by atoms with Gasteiger partial charge in [-0.2, -0.15) is 0 Å². The van der Waals surface area contributed by atoms with Crippen molar-refractivity contribution in [2.45, 2.75) is 39.0 Å². The summed E-state index contributed by atoms with van der Waals surface area (Å²) in [5.74, 6) is -3.31. The van der Waals surface area contributed by atoms with E-state index >= 15 is 0 Å². The van der Waals surface area contributed by atoms with Crippen LogP contribution in [-0.2, 0) is 23.9 Å². The number of carbonyl (C=O) groups is 3. The van der Waals surface area contributed by atoms with Crippen LogP contribution in [0.3, 0.4) is 0 Å². The molecule has 0 bridgehead atoms. The maximum absolute atomic E-state index is 14.1. The van der Waals surface area contributed by atoms with Gasteiger partial charge >= 0.3 is 11.9 Å². The summed E-state index contributed by atoms with van der Waals surface area (Å²) < 4.78 is 10.7. The van der Waals surface area contributed by atoms with Gasteiger partial charge in [-0.15, -0.1) is 0 Å². The fourth-order valence-electron chi connectivity index (χ4n) is 5.01. The highest BCUT2D eigenvalue weighted by atomic mass is 16.5. The van der Waals surface area contributed by atoms with E-state index < -0.39 is 23.8 Å². The first kappa shape index (κ1) is 23.5. The minimum atomic E-state index is -0.990. The fourth-order valence-corrected chi connectivity index (χ4v) is 5.01. The second-order valence-electron chi connectivity index (χ2n) is 8.44. The quantitative estimate of drug-likeness (QED) is 0.509. The summed E-state index contributed by atoms with van der Waals surface area (Å²) in [6.45, 7) is 5.71. The van der Waals surface area contributed by atoms with Crippen LogP contribution in [0.4, 0.5) is 0 Å². The molecule has 0 saturated carbocycles. The molecule has 6 heteroatoms. The molecule has 176 valence electrons. The van der Waals surface area contributed by atoms with Crippen molar-refractivity contribution in [2.24, 2.45) is 5.92 Å². The molecule has 2 aromatic rings. The molecular formula is C28H29NO5. The zero-order valence-corrected chi connectivity index (χ0v) is 19.7. The van der Waals surface area contributed by atoms with Crippen molar-refractivity contribution in [3.05, 3.63) is 94.3 Å². The Morgan fingerprint density at radius 1 is 0.912 bits per heavy atom. The van der Waals surface area contributed by atoms with E-state index in [-0.39, 0.29) is 24.9 Å². The summed E-state index contributed by atoms with van der Waals surface area (Å²) in [5, 5.41) is 3.31. The van der Waals surface area contributed by atoms with Gasteiger partial charge in [0.1, 0.15) is 5.92 Å². The fraction of sp³-hybridized carbons (Fsp3) is 0.321. The monoisotopic (exact) mass is 459 g/mol. The number of dihydropyridines is 1. The zero-order valence-electron chi connectivity index (χ0n) is 19.7. The van der Waals surface area contributed by atoms with Gasteiger partial charge in [0.2, 0.25) is 0 Å². The first-order chi connectivity index (χ1) is 16.5. The Morgan fingerprint density at radius 2 is 1.50 bits per heavy atom. The van der Waals surface area contributed by atoms with Gasteiger partial charge < -0.3 is 14.8 Å². The van der Waals surface area contributed by atoms with Gasteiger partial charge in [0.15, 0.2) is 5.78 Å². The molecule has 0 aromatic heterocycles. The van der Waals surface area contributed by atoms with Gasteiger partial charge in [-0.05, 0) is 38.3 Å².